The highest BCUT2D eigenvalue weighted by Crippen LogP contribution is 2.33. The Morgan fingerprint density at radius 1 is 1.03 bits per heavy atom. The lowest BCUT2D eigenvalue weighted by molar-refractivity contribution is -0.0605. The third-order valence-corrected chi connectivity index (χ3v) is 6.49. The average molecular weight is 480 g/mol. The van der Waals surface area contributed by atoms with E-state index in [0.717, 1.165) is 17.6 Å². The number of para-hydroxylation sites is 1. The van der Waals surface area contributed by atoms with Crippen molar-refractivity contribution >= 4 is 44.0 Å². The van der Waals surface area contributed by atoms with Crippen LogP contribution in [0.2, 0.25) is 0 Å². The third kappa shape index (κ3) is 5.54. The molecule has 3 rings (SSSR count). The standard InChI is InChI=1S/C21H16F3N3O3S2/c1-32(29,30)15-6-4-5-13(9-15)14-10-19(31-12-14)18(11-20(25)21(22,23)24)26-16-7-2-3-8-17(16)27-28/h2-10,12,25H,11H2,1H3. The summed E-state index contributed by atoms with van der Waals surface area (Å²) < 4.78 is 62.8. The number of nitrogens with one attached hydrogen (secondary N) is 1. The molecular formula is C21H16F3N3O3S2. The van der Waals surface area contributed by atoms with Gasteiger partial charge in [0.25, 0.3) is 0 Å². The van der Waals surface area contributed by atoms with Crippen LogP contribution in [-0.2, 0) is 9.84 Å². The number of rotatable bonds is 7. The lowest BCUT2D eigenvalue weighted by Gasteiger charge is -2.10. The fourth-order valence-electron chi connectivity index (χ4n) is 2.78. The summed E-state index contributed by atoms with van der Waals surface area (Å²) in [6, 6.07) is 13.7. The molecule has 1 N–H and O–H groups in total. The van der Waals surface area contributed by atoms with E-state index in [9.17, 15) is 26.5 Å². The van der Waals surface area contributed by atoms with E-state index in [0.29, 0.717) is 16.0 Å². The number of aliphatic imine (C=N–C) groups is 1. The van der Waals surface area contributed by atoms with E-state index < -0.39 is 28.1 Å². The minimum atomic E-state index is -4.83. The zero-order valence-corrected chi connectivity index (χ0v) is 18.2. The van der Waals surface area contributed by atoms with Gasteiger partial charge in [0, 0.05) is 17.6 Å². The van der Waals surface area contributed by atoms with Crippen molar-refractivity contribution in [2.45, 2.75) is 17.5 Å². The zero-order chi connectivity index (χ0) is 23.5. The van der Waals surface area contributed by atoms with Gasteiger partial charge < -0.3 is 5.41 Å². The van der Waals surface area contributed by atoms with E-state index >= 15 is 0 Å². The van der Waals surface area contributed by atoms with Crippen LogP contribution in [0.4, 0.5) is 24.5 Å². The molecule has 0 saturated carbocycles. The van der Waals surface area contributed by atoms with E-state index in [4.69, 9.17) is 5.41 Å². The van der Waals surface area contributed by atoms with Crippen molar-refractivity contribution in [3.8, 4) is 11.1 Å². The van der Waals surface area contributed by atoms with Crippen molar-refractivity contribution in [2.24, 2.45) is 10.2 Å². The molecule has 0 bridgehead atoms. The summed E-state index contributed by atoms with van der Waals surface area (Å²) >= 11 is 1.10. The molecule has 0 radical (unpaired) electrons. The number of benzene rings is 2. The van der Waals surface area contributed by atoms with Gasteiger partial charge in [0.1, 0.15) is 11.4 Å². The van der Waals surface area contributed by atoms with Gasteiger partial charge in [-0.1, -0.05) is 24.3 Å². The second-order valence-electron chi connectivity index (χ2n) is 6.79. The van der Waals surface area contributed by atoms with E-state index in [2.05, 4.69) is 10.2 Å². The van der Waals surface area contributed by atoms with Gasteiger partial charge in [0.2, 0.25) is 0 Å². The van der Waals surface area contributed by atoms with Gasteiger partial charge in [-0.2, -0.15) is 13.2 Å². The molecule has 0 aliphatic carbocycles. The van der Waals surface area contributed by atoms with Crippen LogP contribution >= 0.6 is 11.3 Å². The van der Waals surface area contributed by atoms with Crippen molar-refractivity contribution in [1.29, 1.82) is 5.41 Å². The largest absolute Gasteiger partial charge is 0.429 e. The van der Waals surface area contributed by atoms with Crippen LogP contribution in [0.15, 0.2) is 75.0 Å². The molecule has 0 aliphatic heterocycles. The molecule has 166 valence electrons. The Labute approximate surface area is 185 Å². The zero-order valence-electron chi connectivity index (χ0n) is 16.6. The molecule has 11 heteroatoms. The lowest BCUT2D eigenvalue weighted by Crippen LogP contribution is -2.24. The first-order valence-corrected chi connectivity index (χ1v) is 11.8. The van der Waals surface area contributed by atoms with Gasteiger partial charge >= 0.3 is 6.18 Å². The topological polar surface area (TPSA) is 99.8 Å². The molecule has 6 nitrogen and oxygen atoms in total. The number of hydrogen-bond acceptors (Lipinski definition) is 7. The quantitative estimate of drug-likeness (QED) is 0.317. The molecule has 0 aliphatic rings. The molecule has 3 aromatic rings. The van der Waals surface area contributed by atoms with E-state index in [1.165, 1.54) is 24.3 Å². The second kappa shape index (κ2) is 9.13. The minimum Gasteiger partial charge on any atom is -0.300 e. The summed E-state index contributed by atoms with van der Waals surface area (Å²) in [6.07, 6.45) is -4.55. The van der Waals surface area contributed by atoms with Gasteiger partial charge in [-0.15, -0.1) is 16.2 Å². The van der Waals surface area contributed by atoms with Crippen LogP contribution in [0.5, 0.6) is 0 Å². The normalized spacial score (nSPS) is 12.6. The Hall–Kier alpha value is -3.18. The first-order valence-electron chi connectivity index (χ1n) is 9.03. The van der Waals surface area contributed by atoms with Crippen LogP contribution in [0.1, 0.15) is 11.3 Å². The number of nitroso groups, excluding NO2 is 1. The van der Waals surface area contributed by atoms with Gasteiger partial charge in [-0.05, 0) is 52.0 Å². The first kappa shape index (κ1) is 23.5. The maximum absolute atomic E-state index is 13.0. The maximum Gasteiger partial charge on any atom is 0.429 e. The number of alkyl halides is 3. The molecule has 0 amide bonds. The molecule has 1 heterocycles. The van der Waals surface area contributed by atoms with Crippen LogP contribution < -0.4 is 0 Å². The molecular weight excluding hydrogens is 463 g/mol. The van der Waals surface area contributed by atoms with Gasteiger partial charge in [-0.25, -0.2) is 13.4 Å². The molecule has 0 atom stereocenters. The summed E-state index contributed by atoms with van der Waals surface area (Å²) in [4.78, 5) is 15.7. The molecule has 1 aromatic heterocycles. The maximum atomic E-state index is 13.0. The van der Waals surface area contributed by atoms with Crippen molar-refractivity contribution in [2.75, 3.05) is 6.26 Å². The lowest BCUT2D eigenvalue weighted by atomic mass is 10.1. The highest BCUT2D eigenvalue weighted by atomic mass is 32.2. The van der Waals surface area contributed by atoms with Crippen molar-refractivity contribution < 1.29 is 21.6 Å². The number of hydrogen-bond donors (Lipinski definition) is 1. The number of halogens is 3. The Morgan fingerprint density at radius 3 is 2.34 bits per heavy atom. The molecule has 0 saturated heterocycles. The molecule has 32 heavy (non-hydrogen) atoms. The summed E-state index contributed by atoms with van der Waals surface area (Å²) in [6.45, 7) is 0. The Balaban J connectivity index is 2.07. The predicted octanol–water partition coefficient (Wildman–Crippen LogP) is 6.31. The SMILES string of the molecule is CS(=O)(=O)c1cccc(-c2csc(C(CC(=N)C(F)(F)F)=Nc3ccccc3N=O)c2)c1. The average Bonchev–Trinajstić information content (AvgIpc) is 3.22. The minimum absolute atomic E-state index is 0.0406. The predicted molar refractivity (Wildman–Crippen MR) is 119 cm³/mol. The summed E-state index contributed by atoms with van der Waals surface area (Å²) in [5.74, 6) is 0. The second-order valence-corrected chi connectivity index (χ2v) is 9.72. The third-order valence-electron chi connectivity index (χ3n) is 4.40. The number of sulfone groups is 1. The van der Waals surface area contributed by atoms with E-state index in [1.54, 1.807) is 35.7 Å². The highest BCUT2D eigenvalue weighted by molar-refractivity contribution is 7.90. The Bertz CT molecular complexity index is 1310. The molecule has 0 unspecified atom stereocenters. The van der Waals surface area contributed by atoms with Crippen molar-refractivity contribution in [1.82, 2.24) is 0 Å². The van der Waals surface area contributed by atoms with Crippen molar-refractivity contribution in [3.63, 3.8) is 0 Å². The van der Waals surface area contributed by atoms with Crippen molar-refractivity contribution in [3.05, 3.63) is 69.8 Å². The smallest absolute Gasteiger partial charge is 0.300 e. The fraction of sp³-hybridized carbons (Fsp3) is 0.143. The van der Waals surface area contributed by atoms with E-state index in [1.807, 2.05) is 0 Å². The van der Waals surface area contributed by atoms with Gasteiger partial charge in [-0.3, -0.25) is 0 Å². The first-order chi connectivity index (χ1) is 15.0. The Morgan fingerprint density at radius 2 is 1.72 bits per heavy atom. The molecule has 0 fully saturated rings. The van der Waals surface area contributed by atoms with Crippen LogP contribution in [0, 0.1) is 10.3 Å². The number of thiophene rings is 1. The van der Waals surface area contributed by atoms with Crippen LogP contribution in [0.3, 0.4) is 0 Å². The number of nitrogens with zero attached hydrogens (tertiary/aromatic N) is 2. The summed E-state index contributed by atoms with van der Waals surface area (Å²) in [5, 5.41) is 11.9. The van der Waals surface area contributed by atoms with Crippen LogP contribution in [0.25, 0.3) is 11.1 Å². The van der Waals surface area contributed by atoms with Crippen LogP contribution in [-0.4, -0.2) is 32.3 Å². The monoisotopic (exact) mass is 479 g/mol. The summed E-state index contributed by atoms with van der Waals surface area (Å²) in [5.41, 5.74) is -0.345. The summed E-state index contributed by atoms with van der Waals surface area (Å²) in [7, 11) is -3.44. The van der Waals surface area contributed by atoms with E-state index in [-0.39, 0.29) is 22.0 Å². The molecule has 2 aromatic carbocycles. The van der Waals surface area contributed by atoms with Gasteiger partial charge in [0.05, 0.1) is 16.3 Å². The highest BCUT2D eigenvalue weighted by Gasteiger charge is 2.35. The Kier molecular flexibility index (Phi) is 6.70. The van der Waals surface area contributed by atoms with Gasteiger partial charge in [0.15, 0.2) is 9.84 Å². The molecule has 0 spiro atoms. The fourth-order valence-corrected chi connectivity index (χ4v) is 4.35.